The molecule has 2 rings (SSSR count). The van der Waals surface area contributed by atoms with Crippen LogP contribution in [0.25, 0.3) is 0 Å². The topological polar surface area (TPSA) is 94.1 Å². The molecule has 7 nitrogen and oxygen atoms in total. The van der Waals surface area contributed by atoms with Crippen LogP contribution in [0.15, 0.2) is 40.9 Å². The van der Waals surface area contributed by atoms with Gasteiger partial charge in [-0.15, -0.1) is 0 Å². The maximum Gasteiger partial charge on any atom is 0.342 e. The summed E-state index contributed by atoms with van der Waals surface area (Å²) >= 11 is 3.21. The Bertz CT molecular complexity index is 824. The van der Waals surface area contributed by atoms with Gasteiger partial charge in [-0.2, -0.15) is 0 Å². The fourth-order valence-corrected chi connectivity index (χ4v) is 2.68. The third-order valence-corrected chi connectivity index (χ3v) is 4.19. The van der Waals surface area contributed by atoms with E-state index >= 15 is 0 Å². The summed E-state index contributed by atoms with van der Waals surface area (Å²) < 4.78 is 16.0. The van der Waals surface area contributed by atoms with Gasteiger partial charge in [-0.05, 0) is 42.3 Å². The van der Waals surface area contributed by atoms with Crippen molar-refractivity contribution in [2.75, 3.05) is 27.4 Å². The molecule has 0 spiro atoms. The fourth-order valence-electron chi connectivity index (χ4n) is 2.31. The number of hydrogen-bond acceptors (Lipinski definition) is 6. The Kier molecular flexibility index (Phi) is 7.48. The van der Waals surface area contributed by atoms with Crippen LogP contribution in [0.3, 0.4) is 0 Å². The van der Waals surface area contributed by atoms with E-state index in [9.17, 15) is 14.7 Å². The van der Waals surface area contributed by atoms with Gasteiger partial charge in [0.15, 0.2) is 18.1 Å². The van der Waals surface area contributed by atoms with E-state index in [0.717, 1.165) is 5.56 Å². The minimum atomic E-state index is -0.774. The number of esters is 1. The number of halogens is 1. The van der Waals surface area contributed by atoms with Gasteiger partial charge in [0.1, 0.15) is 11.3 Å². The Balaban J connectivity index is 1.79. The predicted octanol–water partition coefficient (Wildman–Crippen LogP) is 2.69. The summed E-state index contributed by atoms with van der Waals surface area (Å²) in [4.78, 5) is 23.8. The van der Waals surface area contributed by atoms with Crippen LogP contribution in [0.4, 0.5) is 0 Å². The third kappa shape index (κ3) is 5.89. The minimum absolute atomic E-state index is 0.0116. The highest BCUT2D eigenvalue weighted by Crippen LogP contribution is 2.27. The zero-order valence-electron chi connectivity index (χ0n) is 15.0. The number of phenols is 1. The molecule has 27 heavy (non-hydrogen) atoms. The number of amides is 1. The molecule has 0 fully saturated rings. The lowest BCUT2D eigenvalue weighted by molar-refractivity contribution is -0.124. The van der Waals surface area contributed by atoms with Crippen molar-refractivity contribution in [3.8, 4) is 17.2 Å². The minimum Gasteiger partial charge on any atom is -0.507 e. The van der Waals surface area contributed by atoms with Crippen molar-refractivity contribution in [2.24, 2.45) is 0 Å². The largest absolute Gasteiger partial charge is 0.507 e. The molecule has 2 aromatic rings. The Labute approximate surface area is 165 Å². The van der Waals surface area contributed by atoms with Crippen LogP contribution < -0.4 is 14.8 Å². The smallest absolute Gasteiger partial charge is 0.342 e. The molecule has 0 aromatic heterocycles. The second-order valence-electron chi connectivity index (χ2n) is 5.53. The monoisotopic (exact) mass is 437 g/mol. The summed E-state index contributed by atoms with van der Waals surface area (Å²) in [6.45, 7) is -0.0648. The van der Waals surface area contributed by atoms with Gasteiger partial charge < -0.3 is 24.6 Å². The van der Waals surface area contributed by atoms with Gasteiger partial charge in [-0.3, -0.25) is 4.79 Å². The highest BCUT2D eigenvalue weighted by Gasteiger charge is 2.15. The van der Waals surface area contributed by atoms with Crippen molar-refractivity contribution in [3.05, 3.63) is 52.0 Å². The maximum absolute atomic E-state index is 11.9. The SMILES string of the molecule is COc1ccc(CCNC(=O)COC(=O)c2cc(Br)ccc2O)cc1OC. The highest BCUT2D eigenvalue weighted by atomic mass is 79.9. The molecule has 0 aliphatic heterocycles. The van der Waals surface area contributed by atoms with Crippen LogP contribution in [-0.4, -0.2) is 44.4 Å². The Morgan fingerprint density at radius 3 is 2.52 bits per heavy atom. The third-order valence-electron chi connectivity index (χ3n) is 3.70. The van der Waals surface area contributed by atoms with Crippen molar-refractivity contribution >= 4 is 27.8 Å². The zero-order valence-corrected chi connectivity index (χ0v) is 16.5. The lowest BCUT2D eigenvalue weighted by Gasteiger charge is -2.10. The number of phenolic OH excluding ortho intramolecular Hbond substituents is 1. The van der Waals surface area contributed by atoms with Crippen molar-refractivity contribution in [3.63, 3.8) is 0 Å². The number of nitrogens with one attached hydrogen (secondary N) is 1. The molecule has 2 N–H and O–H groups in total. The Morgan fingerprint density at radius 2 is 1.81 bits per heavy atom. The highest BCUT2D eigenvalue weighted by molar-refractivity contribution is 9.10. The van der Waals surface area contributed by atoms with Gasteiger partial charge in [0.05, 0.1) is 14.2 Å². The molecular formula is C19H20BrNO6. The number of benzene rings is 2. The van der Waals surface area contributed by atoms with E-state index < -0.39 is 18.5 Å². The number of ether oxygens (including phenoxy) is 3. The maximum atomic E-state index is 11.9. The lowest BCUT2D eigenvalue weighted by Crippen LogP contribution is -2.30. The van der Waals surface area contributed by atoms with Crippen LogP contribution in [0.1, 0.15) is 15.9 Å². The first-order valence-corrected chi connectivity index (χ1v) is 8.87. The molecule has 2 aromatic carbocycles. The lowest BCUT2D eigenvalue weighted by atomic mass is 10.1. The predicted molar refractivity (Wildman–Crippen MR) is 102 cm³/mol. The van der Waals surface area contributed by atoms with Crippen molar-refractivity contribution in [1.82, 2.24) is 5.32 Å². The second-order valence-corrected chi connectivity index (χ2v) is 6.44. The van der Waals surface area contributed by atoms with Gasteiger partial charge in [0.2, 0.25) is 0 Å². The number of aromatic hydroxyl groups is 1. The first kappa shape index (κ1) is 20.6. The van der Waals surface area contributed by atoms with E-state index in [1.54, 1.807) is 26.4 Å². The summed E-state index contributed by atoms with van der Waals surface area (Å²) in [5.41, 5.74) is 0.950. The molecule has 0 atom stereocenters. The molecule has 0 aliphatic rings. The van der Waals surface area contributed by atoms with Gasteiger partial charge >= 0.3 is 5.97 Å². The fraction of sp³-hybridized carbons (Fsp3) is 0.263. The number of methoxy groups -OCH3 is 2. The van der Waals surface area contributed by atoms with E-state index in [4.69, 9.17) is 14.2 Å². The summed E-state index contributed by atoms with van der Waals surface area (Å²) in [6, 6.07) is 9.89. The molecule has 0 bridgehead atoms. The molecule has 0 radical (unpaired) electrons. The molecule has 1 amide bonds. The first-order chi connectivity index (χ1) is 12.9. The Morgan fingerprint density at radius 1 is 1.07 bits per heavy atom. The van der Waals surface area contributed by atoms with Gasteiger partial charge in [0.25, 0.3) is 5.91 Å². The number of carbonyl (C=O) groups excluding carboxylic acids is 2. The van der Waals surface area contributed by atoms with Crippen molar-refractivity contribution < 1.29 is 28.9 Å². The molecule has 0 heterocycles. The first-order valence-electron chi connectivity index (χ1n) is 8.08. The molecule has 0 saturated carbocycles. The molecule has 0 aliphatic carbocycles. The van der Waals surface area contributed by atoms with Crippen LogP contribution in [-0.2, 0) is 16.0 Å². The van der Waals surface area contributed by atoms with Crippen LogP contribution >= 0.6 is 15.9 Å². The summed E-state index contributed by atoms with van der Waals surface area (Å²) in [6.07, 6.45) is 0.576. The van der Waals surface area contributed by atoms with E-state index in [1.807, 2.05) is 12.1 Å². The standard InChI is InChI=1S/C19H20BrNO6/c1-25-16-6-3-12(9-17(16)26-2)7-8-21-18(23)11-27-19(24)14-10-13(20)4-5-15(14)22/h3-6,9-10,22H,7-8,11H2,1-2H3,(H,21,23). The van der Waals surface area contributed by atoms with Gasteiger partial charge in [0, 0.05) is 11.0 Å². The molecule has 144 valence electrons. The van der Waals surface area contributed by atoms with Crippen LogP contribution in [0.5, 0.6) is 17.2 Å². The average Bonchev–Trinajstić information content (AvgIpc) is 2.67. The van der Waals surface area contributed by atoms with Gasteiger partial charge in [-0.1, -0.05) is 22.0 Å². The molecule has 0 saturated heterocycles. The number of rotatable bonds is 8. The molecule has 8 heteroatoms. The van der Waals surface area contributed by atoms with Crippen molar-refractivity contribution in [2.45, 2.75) is 6.42 Å². The van der Waals surface area contributed by atoms with E-state index in [1.165, 1.54) is 12.1 Å². The summed E-state index contributed by atoms with van der Waals surface area (Å²) in [5, 5.41) is 12.3. The van der Waals surface area contributed by atoms with E-state index in [2.05, 4.69) is 21.2 Å². The second kappa shape index (κ2) is 9.82. The Hall–Kier alpha value is -2.74. The molecule has 0 unspecified atom stereocenters. The molecular weight excluding hydrogens is 418 g/mol. The summed E-state index contributed by atoms with van der Waals surface area (Å²) in [7, 11) is 3.12. The number of carbonyl (C=O) groups is 2. The van der Waals surface area contributed by atoms with E-state index in [0.29, 0.717) is 28.9 Å². The van der Waals surface area contributed by atoms with Crippen LogP contribution in [0, 0.1) is 0 Å². The zero-order chi connectivity index (χ0) is 19.8. The van der Waals surface area contributed by atoms with Crippen LogP contribution in [0.2, 0.25) is 0 Å². The van der Waals surface area contributed by atoms with E-state index in [-0.39, 0.29) is 11.3 Å². The summed E-state index contributed by atoms with van der Waals surface area (Å²) in [5.74, 6) is -0.170. The quantitative estimate of drug-likeness (QED) is 0.616. The van der Waals surface area contributed by atoms with Gasteiger partial charge in [-0.25, -0.2) is 4.79 Å². The normalized spacial score (nSPS) is 10.2. The average molecular weight is 438 g/mol. The van der Waals surface area contributed by atoms with Crippen molar-refractivity contribution in [1.29, 1.82) is 0 Å². The number of hydrogen-bond donors (Lipinski definition) is 2.